The third-order valence-electron chi connectivity index (χ3n) is 5.95. The first-order valence-corrected chi connectivity index (χ1v) is 10.4. The third-order valence-corrected chi connectivity index (χ3v) is 5.95. The Morgan fingerprint density at radius 2 is 1.90 bits per heavy atom. The maximum atomic E-state index is 13.5. The quantitative estimate of drug-likeness (QED) is 0.445. The topological polar surface area (TPSA) is 42.4 Å². The van der Waals surface area contributed by atoms with E-state index >= 15 is 0 Å². The molecule has 0 spiro atoms. The minimum Gasteiger partial charge on any atom is -0.437 e. The molecule has 2 aromatic carbocycles. The van der Waals surface area contributed by atoms with Crippen LogP contribution >= 0.6 is 0 Å². The van der Waals surface area contributed by atoms with Crippen LogP contribution in [0.4, 0.5) is 9.18 Å². The smallest absolute Gasteiger partial charge is 0.411 e. The highest BCUT2D eigenvalue weighted by molar-refractivity contribution is 5.70. The van der Waals surface area contributed by atoms with Crippen LogP contribution in [-0.2, 0) is 10.3 Å². The molecule has 2 atom stereocenters. The van der Waals surface area contributed by atoms with Gasteiger partial charge in [0.25, 0.3) is 0 Å². The zero-order valence-corrected chi connectivity index (χ0v) is 17.5. The van der Waals surface area contributed by atoms with E-state index in [1.165, 1.54) is 12.3 Å². The molecule has 31 heavy (non-hydrogen) atoms. The number of benzene rings is 2. The van der Waals surface area contributed by atoms with Gasteiger partial charge in [-0.2, -0.15) is 0 Å². The number of halogens is 1. The summed E-state index contributed by atoms with van der Waals surface area (Å²) in [5.74, 6) is -0.368. The molecule has 0 saturated carbocycles. The number of nitrogens with zero attached hydrogens (tertiary/aromatic N) is 2. The van der Waals surface area contributed by atoms with Gasteiger partial charge in [-0.05, 0) is 29.7 Å². The van der Waals surface area contributed by atoms with Crippen molar-refractivity contribution in [1.29, 1.82) is 0 Å². The van der Waals surface area contributed by atoms with Crippen LogP contribution in [0.25, 0.3) is 11.1 Å². The molecule has 3 aromatic rings. The molecule has 4 rings (SSSR count). The SMILES string of the molecule is C=CCC1(c2ccccc2)CCN(C(C)c2ccc(-c3cncc(F)c3)cc2)C(=O)O1. The van der Waals surface area contributed by atoms with E-state index in [1.54, 1.807) is 17.2 Å². The zero-order chi connectivity index (χ0) is 21.8. The van der Waals surface area contributed by atoms with Gasteiger partial charge >= 0.3 is 6.09 Å². The van der Waals surface area contributed by atoms with Crippen molar-refractivity contribution in [2.24, 2.45) is 0 Å². The average molecular weight is 416 g/mol. The summed E-state index contributed by atoms with van der Waals surface area (Å²) >= 11 is 0. The normalized spacial score (nSPS) is 19.5. The summed E-state index contributed by atoms with van der Waals surface area (Å²) in [6, 6.07) is 18.9. The van der Waals surface area contributed by atoms with Crippen LogP contribution in [0.1, 0.15) is 36.9 Å². The van der Waals surface area contributed by atoms with Gasteiger partial charge in [0.15, 0.2) is 0 Å². The van der Waals surface area contributed by atoms with Crippen LogP contribution in [0, 0.1) is 5.82 Å². The molecule has 1 aromatic heterocycles. The fourth-order valence-corrected chi connectivity index (χ4v) is 4.16. The molecular weight excluding hydrogens is 391 g/mol. The number of carbonyl (C=O) groups excluding carboxylic acids is 1. The van der Waals surface area contributed by atoms with Gasteiger partial charge in [-0.1, -0.05) is 60.7 Å². The maximum Gasteiger partial charge on any atom is 0.411 e. The van der Waals surface area contributed by atoms with E-state index in [0.717, 1.165) is 16.7 Å². The lowest BCUT2D eigenvalue weighted by Crippen LogP contribution is -2.48. The Balaban J connectivity index is 1.52. The summed E-state index contributed by atoms with van der Waals surface area (Å²) < 4.78 is 19.5. The number of amides is 1. The molecule has 4 nitrogen and oxygen atoms in total. The summed E-state index contributed by atoms with van der Waals surface area (Å²) in [5, 5.41) is 0. The van der Waals surface area contributed by atoms with Crippen molar-refractivity contribution in [3.63, 3.8) is 0 Å². The highest BCUT2D eigenvalue weighted by Crippen LogP contribution is 2.39. The lowest BCUT2D eigenvalue weighted by molar-refractivity contribution is -0.0588. The summed E-state index contributed by atoms with van der Waals surface area (Å²) in [4.78, 5) is 18.7. The van der Waals surface area contributed by atoms with E-state index in [-0.39, 0.29) is 18.0 Å². The summed E-state index contributed by atoms with van der Waals surface area (Å²) in [5.41, 5.74) is 2.89. The minimum atomic E-state index is -0.676. The van der Waals surface area contributed by atoms with Gasteiger partial charge in [0, 0.05) is 31.1 Å². The number of aromatic nitrogens is 1. The van der Waals surface area contributed by atoms with Crippen LogP contribution in [0.15, 0.2) is 85.7 Å². The van der Waals surface area contributed by atoms with E-state index in [0.29, 0.717) is 24.9 Å². The van der Waals surface area contributed by atoms with Crippen molar-refractivity contribution in [3.05, 3.63) is 103 Å². The fraction of sp³-hybridized carbons (Fsp3) is 0.231. The zero-order valence-electron chi connectivity index (χ0n) is 17.5. The van der Waals surface area contributed by atoms with Gasteiger partial charge in [0.1, 0.15) is 11.4 Å². The number of carbonyl (C=O) groups is 1. The van der Waals surface area contributed by atoms with Crippen molar-refractivity contribution < 1.29 is 13.9 Å². The monoisotopic (exact) mass is 416 g/mol. The van der Waals surface area contributed by atoms with Crippen LogP contribution < -0.4 is 0 Å². The van der Waals surface area contributed by atoms with Crippen molar-refractivity contribution in [3.8, 4) is 11.1 Å². The van der Waals surface area contributed by atoms with Gasteiger partial charge in [0.05, 0.1) is 12.2 Å². The van der Waals surface area contributed by atoms with Gasteiger partial charge in [0.2, 0.25) is 0 Å². The van der Waals surface area contributed by atoms with Gasteiger partial charge in [-0.25, -0.2) is 9.18 Å². The predicted molar refractivity (Wildman–Crippen MR) is 119 cm³/mol. The first kappa shape index (κ1) is 20.8. The predicted octanol–water partition coefficient (Wildman–Crippen LogP) is 6.26. The van der Waals surface area contributed by atoms with Crippen molar-refractivity contribution >= 4 is 6.09 Å². The van der Waals surface area contributed by atoms with Crippen molar-refractivity contribution in [2.45, 2.75) is 31.4 Å². The third kappa shape index (κ3) is 4.22. The molecule has 1 aliphatic rings. The highest BCUT2D eigenvalue weighted by atomic mass is 19.1. The summed E-state index contributed by atoms with van der Waals surface area (Å²) in [7, 11) is 0. The molecule has 158 valence electrons. The Kier molecular flexibility index (Phi) is 5.85. The van der Waals surface area contributed by atoms with E-state index in [1.807, 2.05) is 61.5 Å². The Morgan fingerprint density at radius 1 is 1.16 bits per heavy atom. The van der Waals surface area contributed by atoms with E-state index in [4.69, 9.17) is 4.74 Å². The van der Waals surface area contributed by atoms with E-state index in [2.05, 4.69) is 11.6 Å². The Bertz CT molecular complexity index is 1070. The standard InChI is InChI=1S/C26H25FN2O2/c1-3-13-26(23-7-5-4-6-8-23)14-15-29(25(30)31-26)19(2)20-9-11-21(12-10-20)22-16-24(27)18-28-17-22/h3-12,16-19H,1,13-15H2,2H3. The Labute approximate surface area is 182 Å². The molecule has 0 aliphatic carbocycles. The highest BCUT2D eigenvalue weighted by Gasteiger charge is 2.42. The summed E-state index contributed by atoms with van der Waals surface area (Å²) in [6.45, 7) is 6.43. The van der Waals surface area contributed by atoms with Gasteiger partial charge in [-0.15, -0.1) is 6.58 Å². The second-order valence-corrected chi connectivity index (χ2v) is 7.85. The molecule has 5 heteroatoms. The van der Waals surface area contributed by atoms with Crippen LogP contribution in [0.5, 0.6) is 0 Å². The second kappa shape index (κ2) is 8.72. The van der Waals surface area contributed by atoms with Gasteiger partial charge < -0.3 is 9.64 Å². The molecular formula is C26H25FN2O2. The first-order valence-electron chi connectivity index (χ1n) is 10.4. The Morgan fingerprint density at radius 3 is 2.55 bits per heavy atom. The van der Waals surface area contributed by atoms with Gasteiger partial charge in [-0.3, -0.25) is 4.98 Å². The van der Waals surface area contributed by atoms with E-state index in [9.17, 15) is 9.18 Å². The molecule has 0 N–H and O–H groups in total. The molecule has 0 bridgehead atoms. The molecule has 1 saturated heterocycles. The Hall–Kier alpha value is -3.47. The second-order valence-electron chi connectivity index (χ2n) is 7.85. The summed E-state index contributed by atoms with van der Waals surface area (Å²) in [6.07, 6.45) is 5.55. The van der Waals surface area contributed by atoms with Crippen LogP contribution in [-0.4, -0.2) is 22.5 Å². The van der Waals surface area contributed by atoms with E-state index < -0.39 is 5.60 Å². The number of rotatable bonds is 6. The molecule has 1 aliphatic heterocycles. The maximum absolute atomic E-state index is 13.5. The molecule has 2 heterocycles. The molecule has 2 unspecified atom stereocenters. The number of hydrogen-bond acceptors (Lipinski definition) is 3. The minimum absolute atomic E-state index is 0.148. The molecule has 1 amide bonds. The first-order chi connectivity index (χ1) is 15.0. The van der Waals surface area contributed by atoms with Crippen LogP contribution in [0.3, 0.4) is 0 Å². The number of ether oxygens (including phenoxy) is 1. The number of hydrogen-bond donors (Lipinski definition) is 0. The average Bonchev–Trinajstić information content (AvgIpc) is 2.80. The number of pyridine rings is 1. The van der Waals surface area contributed by atoms with Crippen molar-refractivity contribution in [1.82, 2.24) is 9.88 Å². The lowest BCUT2D eigenvalue weighted by Gasteiger charge is -2.43. The largest absolute Gasteiger partial charge is 0.437 e. The fourth-order valence-electron chi connectivity index (χ4n) is 4.16. The number of cyclic esters (lactones) is 1. The van der Waals surface area contributed by atoms with Crippen LogP contribution in [0.2, 0.25) is 0 Å². The molecule has 1 fully saturated rings. The van der Waals surface area contributed by atoms with Crippen molar-refractivity contribution in [2.75, 3.05) is 6.54 Å². The lowest BCUT2D eigenvalue weighted by atomic mass is 9.85. The molecule has 0 radical (unpaired) electrons.